The van der Waals surface area contributed by atoms with E-state index in [0.29, 0.717) is 0 Å². The molecule has 11 nitrogen and oxygen atoms in total. The maximum atomic E-state index is 10.8. The Bertz CT molecular complexity index is 387. The topological polar surface area (TPSA) is 211 Å². The van der Waals surface area contributed by atoms with Crippen molar-refractivity contribution in [3.05, 3.63) is 0 Å². The van der Waals surface area contributed by atoms with Crippen molar-refractivity contribution in [3.63, 3.8) is 0 Å². The van der Waals surface area contributed by atoms with Crippen LogP contribution in [-0.2, 0) is 14.3 Å². The summed E-state index contributed by atoms with van der Waals surface area (Å²) in [7, 11) is 0. The molecule has 130 valence electrons. The van der Waals surface area contributed by atoms with E-state index in [0.717, 1.165) is 6.92 Å². The molecule has 3 unspecified atom stereocenters. The summed E-state index contributed by atoms with van der Waals surface area (Å²) in [4.78, 5) is 19.8. The van der Waals surface area contributed by atoms with Gasteiger partial charge in [0.25, 0.3) is 11.8 Å². The first-order valence-corrected chi connectivity index (χ1v) is 6.20. The van der Waals surface area contributed by atoms with Crippen molar-refractivity contribution in [2.24, 2.45) is 5.73 Å². The van der Waals surface area contributed by atoms with Crippen molar-refractivity contribution in [1.29, 1.82) is 0 Å². The number of aliphatic carboxylic acids is 2. The molecule has 22 heavy (non-hydrogen) atoms. The van der Waals surface area contributed by atoms with Gasteiger partial charge in [0.2, 0.25) is 0 Å². The minimum absolute atomic E-state index is 0.665. The molecule has 6 atom stereocenters. The van der Waals surface area contributed by atoms with Crippen LogP contribution in [0.5, 0.6) is 0 Å². The van der Waals surface area contributed by atoms with Gasteiger partial charge in [-0.05, 0) is 0 Å². The summed E-state index contributed by atoms with van der Waals surface area (Å²) in [6.45, 7) is 0.273. The lowest BCUT2D eigenvalue weighted by molar-refractivity contribution is -0.292. The Morgan fingerprint density at radius 1 is 1.36 bits per heavy atom. The molecule has 1 saturated heterocycles. The van der Waals surface area contributed by atoms with Crippen LogP contribution in [0.25, 0.3) is 0 Å². The van der Waals surface area contributed by atoms with Crippen LogP contribution in [0.4, 0.5) is 0 Å². The Kier molecular flexibility index (Phi) is 7.83. The number of ether oxygens (including phenoxy) is 1. The van der Waals surface area contributed by atoms with E-state index >= 15 is 0 Å². The van der Waals surface area contributed by atoms with Gasteiger partial charge >= 0.3 is 5.97 Å². The molecule has 0 saturated carbocycles. The summed E-state index contributed by atoms with van der Waals surface area (Å²) in [5, 5.41) is 62.9. The van der Waals surface area contributed by atoms with Gasteiger partial charge in [-0.2, -0.15) is 0 Å². The fourth-order valence-corrected chi connectivity index (χ4v) is 1.75. The Morgan fingerprint density at radius 2 is 1.82 bits per heavy atom. The van der Waals surface area contributed by atoms with Gasteiger partial charge in [0.05, 0.1) is 18.8 Å². The minimum atomic E-state index is -2.70. The zero-order chi connectivity index (χ0) is 17.7. The fourth-order valence-electron chi connectivity index (χ4n) is 1.75. The van der Waals surface area contributed by atoms with E-state index in [1.165, 1.54) is 0 Å². The van der Waals surface area contributed by atoms with E-state index in [2.05, 4.69) is 0 Å². The fraction of sp³-hybridized carbons (Fsp3) is 0.818. The first-order chi connectivity index (χ1) is 9.96. The third kappa shape index (κ3) is 5.46. The summed E-state index contributed by atoms with van der Waals surface area (Å²) in [6, 6.07) is -1.21. The second kappa shape index (κ2) is 8.33. The highest BCUT2D eigenvalue weighted by molar-refractivity contribution is 5.75. The molecule has 1 aliphatic heterocycles. The summed E-state index contributed by atoms with van der Waals surface area (Å²) >= 11 is 0. The number of carboxylic acid groups (broad SMARTS) is 2. The molecular weight excluding hydrogens is 306 g/mol. The van der Waals surface area contributed by atoms with Crippen molar-refractivity contribution in [3.8, 4) is 0 Å². The predicted molar refractivity (Wildman–Crippen MR) is 68.5 cm³/mol. The number of aliphatic hydroxyl groups is 5. The van der Waals surface area contributed by atoms with Crippen molar-refractivity contribution in [1.82, 2.24) is 0 Å². The third-order valence-electron chi connectivity index (χ3n) is 2.89. The molecule has 0 aliphatic carbocycles. The first kappa shape index (κ1) is 20.7. The van der Waals surface area contributed by atoms with Gasteiger partial charge in [-0.3, -0.25) is 4.79 Å². The zero-order valence-corrected chi connectivity index (χ0v) is 11.7. The lowest BCUT2D eigenvalue weighted by Crippen LogP contribution is -2.65. The van der Waals surface area contributed by atoms with Gasteiger partial charge in [-0.25, -0.2) is 4.79 Å². The number of hydrogen-bond acceptors (Lipinski definition) is 9. The molecule has 1 heterocycles. The number of carbonyl (C=O) groups is 2. The molecule has 9 N–H and O–H groups in total. The smallest absolute Gasteiger partial charge is 0.364 e. The van der Waals surface area contributed by atoms with Crippen LogP contribution in [0, 0.1) is 0 Å². The average molecular weight is 327 g/mol. The molecule has 0 aromatic rings. The number of nitrogens with two attached hydrogens (primary N) is 1. The standard InChI is InChI=1S/C9H17NO8.C2H4O2/c10-5-3(12)1-9(17,8(15)16)18-7(5)6(14)4(13)2-11;1-2(3)4/h3-7,11-14,17H,1-2,10H2,(H,15,16);1H3,(H,3,4)/t3-,4?,5+,6?,7+,9?;/m0./s1. The first-order valence-electron chi connectivity index (χ1n) is 6.20. The van der Waals surface area contributed by atoms with Crippen LogP contribution < -0.4 is 5.73 Å². The van der Waals surface area contributed by atoms with Crippen molar-refractivity contribution in [2.45, 2.75) is 49.6 Å². The largest absolute Gasteiger partial charge is 0.481 e. The van der Waals surface area contributed by atoms with Gasteiger partial charge in [0.1, 0.15) is 18.3 Å². The van der Waals surface area contributed by atoms with Gasteiger partial charge in [-0.15, -0.1) is 0 Å². The molecule has 1 fully saturated rings. The maximum absolute atomic E-state index is 10.8. The highest BCUT2D eigenvalue weighted by atomic mass is 16.7. The van der Waals surface area contributed by atoms with Crippen molar-refractivity contribution >= 4 is 11.9 Å². The van der Waals surface area contributed by atoms with Crippen LogP contribution in [0.1, 0.15) is 13.3 Å². The van der Waals surface area contributed by atoms with Crippen LogP contribution in [0.3, 0.4) is 0 Å². The van der Waals surface area contributed by atoms with E-state index in [9.17, 15) is 25.2 Å². The number of rotatable bonds is 4. The minimum Gasteiger partial charge on any atom is -0.481 e. The molecule has 11 heteroatoms. The van der Waals surface area contributed by atoms with Gasteiger partial charge in [0.15, 0.2) is 0 Å². The molecule has 0 aromatic carbocycles. The third-order valence-corrected chi connectivity index (χ3v) is 2.89. The molecule has 0 aromatic heterocycles. The van der Waals surface area contributed by atoms with Crippen LogP contribution in [0.2, 0.25) is 0 Å². The Labute approximate surface area is 125 Å². The summed E-state index contributed by atoms with van der Waals surface area (Å²) in [5.74, 6) is -5.28. The monoisotopic (exact) mass is 327 g/mol. The Balaban J connectivity index is 0.000000980. The second-order valence-electron chi connectivity index (χ2n) is 4.78. The normalized spacial score (nSPS) is 34.0. The van der Waals surface area contributed by atoms with Gasteiger partial charge < -0.3 is 46.2 Å². The SMILES string of the molecule is CC(=O)O.N[C@@H]1[C@@H](O)CC(O)(C(=O)O)O[C@H]1C(O)C(O)CO. The zero-order valence-electron chi connectivity index (χ0n) is 11.7. The number of hydrogen-bond donors (Lipinski definition) is 8. The molecule has 1 aliphatic rings. The molecular formula is C11H21NO10. The molecule has 1 rings (SSSR count). The maximum Gasteiger partial charge on any atom is 0.364 e. The molecule has 0 radical (unpaired) electrons. The highest BCUT2D eigenvalue weighted by Gasteiger charge is 2.52. The van der Waals surface area contributed by atoms with E-state index in [1.807, 2.05) is 0 Å². The lowest BCUT2D eigenvalue weighted by atomic mass is 9.89. The van der Waals surface area contributed by atoms with Crippen LogP contribution in [-0.4, -0.2) is 90.5 Å². The van der Waals surface area contributed by atoms with Crippen LogP contribution in [0.15, 0.2) is 0 Å². The number of carboxylic acids is 2. The lowest BCUT2D eigenvalue weighted by Gasteiger charge is -2.43. The molecule has 0 amide bonds. The second-order valence-corrected chi connectivity index (χ2v) is 4.78. The van der Waals surface area contributed by atoms with E-state index in [-0.39, 0.29) is 0 Å². The number of aliphatic hydroxyl groups excluding tert-OH is 4. The highest BCUT2D eigenvalue weighted by Crippen LogP contribution is 2.29. The quantitative estimate of drug-likeness (QED) is 0.249. The van der Waals surface area contributed by atoms with Crippen LogP contribution >= 0.6 is 0 Å². The van der Waals surface area contributed by atoms with Gasteiger partial charge in [-0.1, -0.05) is 0 Å². The summed E-state index contributed by atoms with van der Waals surface area (Å²) in [6.07, 6.45) is -7.01. The summed E-state index contributed by atoms with van der Waals surface area (Å²) in [5.41, 5.74) is 5.51. The average Bonchev–Trinajstić information content (AvgIpc) is 2.40. The van der Waals surface area contributed by atoms with E-state index in [1.54, 1.807) is 0 Å². The summed E-state index contributed by atoms with van der Waals surface area (Å²) < 4.78 is 4.75. The molecule has 0 bridgehead atoms. The van der Waals surface area contributed by atoms with Crippen molar-refractivity contribution < 1.29 is 50.1 Å². The van der Waals surface area contributed by atoms with E-state index < -0.39 is 61.2 Å². The van der Waals surface area contributed by atoms with Crippen molar-refractivity contribution in [2.75, 3.05) is 6.61 Å². The Hall–Kier alpha value is -1.34. The van der Waals surface area contributed by atoms with Gasteiger partial charge in [0, 0.05) is 13.3 Å². The van der Waals surface area contributed by atoms with E-state index in [4.69, 9.17) is 30.6 Å². The Morgan fingerprint density at radius 3 is 2.18 bits per heavy atom. The predicted octanol–water partition coefficient (Wildman–Crippen LogP) is -3.96. The molecule has 0 spiro atoms.